The molecule has 0 aliphatic carbocycles. The molecule has 0 bridgehead atoms. The number of furan rings is 1. The lowest BCUT2D eigenvalue weighted by atomic mass is 10.2. The first-order chi connectivity index (χ1) is 13.4. The average Bonchev–Trinajstić information content (AvgIpc) is 3.18. The van der Waals surface area contributed by atoms with Crippen LogP contribution in [0.5, 0.6) is 0 Å². The second-order valence-electron chi connectivity index (χ2n) is 5.95. The Bertz CT molecular complexity index is 902. The number of carboxylic acids is 1. The minimum Gasteiger partial charge on any atom is -0.481 e. The second-order valence-corrected chi connectivity index (χ2v) is 7.72. The predicted octanol–water partition coefficient (Wildman–Crippen LogP) is 2.14. The fraction of sp³-hybridized carbons (Fsp3) is 0.263. The first kappa shape index (κ1) is 21.4. The maximum absolute atomic E-state index is 12.2. The van der Waals surface area contributed by atoms with Gasteiger partial charge in [0.25, 0.3) is 0 Å². The van der Waals surface area contributed by atoms with Gasteiger partial charge >= 0.3 is 5.97 Å². The highest BCUT2D eigenvalue weighted by Gasteiger charge is 2.13. The summed E-state index contributed by atoms with van der Waals surface area (Å²) in [5.74, 6) is -0.642. The topological polar surface area (TPSA) is 126 Å². The van der Waals surface area contributed by atoms with Crippen LogP contribution in [-0.2, 0) is 26.2 Å². The Labute approximate surface area is 163 Å². The summed E-state index contributed by atoms with van der Waals surface area (Å²) in [5, 5.41) is 11.2. The van der Waals surface area contributed by atoms with Crippen LogP contribution in [0.1, 0.15) is 30.6 Å². The van der Waals surface area contributed by atoms with Crippen molar-refractivity contribution in [3.63, 3.8) is 0 Å². The van der Waals surface area contributed by atoms with E-state index >= 15 is 0 Å². The Morgan fingerprint density at radius 2 is 1.86 bits per heavy atom. The molecule has 0 saturated heterocycles. The molecule has 2 rings (SSSR count). The summed E-state index contributed by atoms with van der Waals surface area (Å²) in [6.07, 6.45) is 5.55. The van der Waals surface area contributed by atoms with Crippen molar-refractivity contribution in [2.75, 3.05) is 6.54 Å². The molecule has 1 aromatic carbocycles. The number of carbonyl (C=O) groups excluding carboxylic acids is 1. The standard InChI is InChI=1S/C19H22N2O6S/c22-18(20-12-2-1-5-19(23)24)11-8-15-6-9-17(10-7-15)28(25,26)21-14-16-4-3-13-27-16/h3-4,6-11,13,21H,1-2,5,12,14H2,(H,20,22)(H,23,24). The number of carboxylic acid groups (broad SMARTS) is 1. The zero-order valence-corrected chi connectivity index (χ0v) is 15.9. The third-order valence-corrected chi connectivity index (χ3v) is 5.17. The fourth-order valence-corrected chi connectivity index (χ4v) is 3.26. The summed E-state index contributed by atoms with van der Waals surface area (Å²) in [4.78, 5) is 22.2. The minimum atomic E-state index is -3.66. The SMILES string of the molecule is O=C(O)CCCCNC(=O)C=Cc1ccc(S(=O)(=O)NCc2ccco2)cc1. The largest absolute Gasteiger partial charge is 0.481 e. The van der Waals surface area contributed by atoms with Gasteiger partial charge in [0.05, 0.1) is 17.7 Å². The van der Waals surface area contributed by atoms with Gasteiger partial charge in [0.1, 0.15) is 5.76 Å². The maximum atomic E-state index is 12.2. The molecule has 0 unspecified atom stereocenters. The summed E-state index contributed by atoms with van der Waals surface area (Å²) in [6.45, 7) is 0.457. The number of hydrogen-bond donors (Lipinski definition) is 3. The Hall–Kier alpha value is -2.91. The van der Waals surface area contributed by atoms with Gasteiger partial charge in [0.15, 0.2) is 0 Å². The molecule has 1 aromatic heterocycles. The molecule has 150 valence electrons. The van der Waals surface area contributed by atoms with Gasteiger partial charge in [-0.25, -0.2) is 13.1 Å². The lowest BCUT2D eigenvalue weighted by Gasteiger charge is -2.05. The van der Waals surface area contributed by atoms with E-state index in [1.54, 1.807) is 30.3 Å². The zero-order chi connectivity index (χ0) is 20.4. The molecule has 0 radical (unpaired) electrons. The highest BCUT2D eigenvalue weighted by Crippen LogP contribution is 2.12. The van der Waals surface area contributed by atoms with Gasteiger partial charge in [-0.2, -0.15) is 0 Å². The molecule has 0 spiro atoms. The number of unbranched alkanes of at least 4 members (excludes halogenated alkanes) is 1. The van der Waals surface area contributed by atoms with Gasteiger partial charge in [0.2, 0.25) is 15.9 Å². The van der Waals surface area contributed by atoms with Crippen LogP contribution in [0.4, 0.5) is 0 Å². The van der Waals surface area contributed by atoms with Crippen LogP contribution in [0.15, 0.2) is 58.1 Å². The predicted molar refractivity (Wildman–Crippen MR) is 103 cm³/mol. The lowest BCUT2D eigenvalue weighted by molar-refractivity contribution is -0.137. The van der Waals surface area contributed by atoms with Crippen molar-refractivity contribution < 1.29 is 27.5 Å². The van der Waals surface area contributed by atoms with Crippen molar-refractivity contribution in [3.05, 3.63) is 60.1 Å². The van der Waals surface area contributed by atoms with E-state index in [1.165, 1.54) is 24.5 Å². The summed E-state index contributed by atoms with van der Waals surface area (Å²) >= 11 is 0. The van der Waals surface area contributed by atoms with Gasteiger partial charge in [-0.05, 0) is 48.7 Å². The summed E-state index contributed by atoms with van der Waals surface area (Å²) in [6, 6.07) is 9.45. The van der Waals surface area contributed by atoms with Gasteiger partial charge in [-0.3, -0.25) is 9.59 Å². The first-order valence-electron chi connectivity index (χ1n) is 8.66. The molecule has 2 aromatic rings. The third kappa shape index (κ3) is 7.37. The van der Waals surface area contributed by atoms with Crippen molar-refractivity contribution in [1.82, 2.24) is 10.0 Å². The molecule has 0 saturated carbocycles. The molecular weight excluding hydrogens is 384 g/mol. The van der Waals surface area contributed by atoms with Crippen LogP contribution < -0.4 is 10.0 Å². The van der Waals surface area contributed by atoms with Crippen LogP contribution >= 0.6 is 0 Å². The smallest absolute Gasteiger partial charge is 0.303 e. The monoisotopic (exact) mass is 406 g/mol. The summed E-state index contributed by atoms with van der Waals surface area (Å²) in [7, 11) is -3.66. The van der Waals surface area contributed by atoms with E-state index in [0.29, 0.717) is 30.7 Å². The Balaban J connectivity index is 1.81. The second kappa shape index (κ2) is 10.4. The van der Waals surface area contributed by atoms with E-state index in [2.05, 4.69) is 10.0 Å². The van der Waals surface area contributed by atoms with Crippen molar-refractivity contribution >= 4 is 28.0 Å². The number of benzene rings is 1. The van der Waals surface area contributed by atoms with E-state index in [9.17, 15) is 18.0 Å². The summed E-state index contributed by atoms with van der Waals surface area (Å²) in [5.41, 5.74) is 0.672. The number of carbonyl (C=O) groups is 2. The Morgan fingerprint density at radius 3 is 2.50 bits per heavy atom. The molecule has 0 aliphatic heterocycles. The normalized spacial score (nSPS) is 11.6. The quantitative estimate of drug-likeness (QED) is 0.388. The Morgan fingerprint density at radius 1 is 1.11 bits per heavy atom. The fourth-order valence-electron chi connectivity index (χ4n) is 2.26. The number of amides is 1. The van der Waals surface area contributed by atoms with Crippen molar-refractivity contribution in [1.29, 1.82) is 0 Å². The minimum absolute atomic E-state index is 0.0592. The molecule has 1 heterocycles. The van der Waals surface area contributed by atoms with Crippen LogP contribution in [0.3, 0.4) is 0 Å². The molecule has 0 aliphatic rings. The molecule has 1 amide bonds. The van der Waals surface area contributed by atoms with Crippen LogP contribution in [0.25, 0.3) is 6.08 Å². The van der Waals surface area contributed by atoms with Crippen LogP contribution in [-0.4, -0.2) is 31.9 Å². The number of hydrogen-bond acceptors (Lipinski definition) is 5. The molecule has 0 atom stereocenters. The van der Waals surface area contributed by atoms with Gasteiger partial charge < -0.3 is 14.8 Å². The zero-order valence-electron chi connectivity index (χ0n) is 15.1. The van der Waals surface area contributed by atoms with Crippen molar-refractivity contribution in [3.8, 4) is 0 Å². The van der Waals surface area contributed by atoms with E-state index in [1.807, 2.05) is 0 Å². The van der Waals surface area contributed by atoms with Crippen LogP contribution in [0.2, 0.25) is 0 Å². The third-order valence-electron chi connectivity index (χ3n) is 3.75. The van der Waals surface area contributed by atoms with Gasteiger partial charge in [-0.1, -0.05) is 12.1 Å². The van der Waals surface area contributed by atoms with Gasteiger partial charge in [0, 0.05) is 19.0 Å². The Kier molecular flexibility index (Phi) is 7.97. The molecule has 9 heteroatoms. The highest BCUT2D eigenvalue weighted by molar-refractivity contribution is 7.89. The molecule has 28 heavy (non-hydrogen) atoms. The molecular formula is C19H22N2O6S. The van der Waals surface area contributed by atoms with E-state index in [0.717, 1.165) is 0 Å². The first-order valence-corrected chi connectivity index (χ1v) is 10.1. The van der Waals surface area contributed by atoms with Crippen molar-refractivity contribution in [2.24, 2.45) is 0 Å². The maximum Gasteiger partial charge on any atom is 0.303 e. The average molecular weight is 406 g/mol. The number of rotatable bonds is 11. The van der Waals surface area contributed by atoms with Gasteiger partial charge in [-0.15, -0.1) is 0 Å². The van der Waals surface area contributed by atoms with Crippen molar-refractivity contribution in [2.45, 2.75) is 30.7 Å². The summed E-state index contributed by atoms with van der Waals surface area (Å²) < 4.78 is 32.0. The van der Waals surface area contributed by atoms with E-state index in [-0.39, 0.29) is 23.8 Å². The van der Waals surface area contributed by atoms with E-state index in [4.69, 9.17) is 9.52 Å². The van der Waals surface area contributed by atoms with E-state index < -0.39 is 16.0 Å². The molecule has 8 nitrogen and oxygen atoms in total. The highest BCUT2D eigenvalue weighted by atomic mass is 32.2. The lowest BCUT2D eigenvalue weighted by Crippen LogP contribution is -2.23. The number of aliphatic carboxylic acids is 1. The number of nitrogens with one attached hydrogen (secondary N) is 2. The number of sulfonamides is 1. The molecule has 0 fully saturated rings. The molecule has 3 N–H and O–H groups in total. The van der Waals surface area contributed by atoms with Crippen LogP contribution in [0, 0.1) is 0 Å².